The van der Waals surface area contributed by atoms with E-state index in [4.69, 9.17) is 0 Å². The molecule has 1 saturated heterocycles. The molecular formula is C14H18BrFN2O. The molecule has 0 aromatic heterocycles. The molecule has 1 aliphatic heterocycles. The zero-order valence-corrected chi connectivity index (χ0v) is 12.7. The van der Waals surface area contributed by atoms with Gasteiger partial charge in [0.2, 0.25) is 0 Å². The van der Waals surface area contributed by atoms with Crippen molar-refractivity contribution >= 4 is 21.8 Å². The van der Waals surface area contributed by atoms with E-state index in [-0.39, 0.29) is 17.8 Å². The van der Waals surface area contributed by atoms with Gasteiger partial charge < -0.3 is 10.2 Å². The Labute approximate surface area is 121 Å². The Morgan fingerprint density at radius 2 is 2.26 bits per heavy atom. The van der Waals surface area contributed by atoms with Crippen LogP contribution in [0.5, 0.6) is 0 Å². The van der Waals surface area contributed by atoms with Gasteiger partial charge >= 0.3 is 0 Å². The normalized spacial score (nSPS) is 24.2. The lowest BCUT2D eigenvalue weighted by Crippen LogP contribution is -2.48. The van der Waals surface area contributed by atoms with Gasteiger partial charge in [-0.25, -0.2) is 4.39 Å². The molecule has 0 radical (unpaired) electrons. The van der Waals surface area contributed by atoms with Crippen molar-refractivity contribution in [3.05, 3.63) is 34.1 Å². The van der Waals surface area contributed by atoms with E-state index in [1.807, 2.05) is 0 Å². The van der Waals surface area contributed by atoms with E-state index >= 15 is 0 Å². The Hall–Kier alpha value is -0.940. The van der Waals surface area contributed by atoms with Crippen LogP contribution in [-0.2, 0) is 0 Å². The number of benzene rings is 1. The summed E-state index contributed by atoms with van der Waals surface area (Å²) in [5.74, 6) is -0.0714. The number of carbonyl (C=O) groups excluding carboxylic acids is 1. The van der Waals surface area contributed by atoms with Crippen LogP contribution in [0.25, 0.3) is 0 Å². The number of nitrogens with zero attached hydrogens (tertiary/aromatic N) is 1. The highest BCUT2D eigenvalue weighted by molar-refractivity contribution is 9.10. The second kappa shape index (κ2) is 6.01. The molecule has 1 aromatic rings. The molecule has 3 nitrogen and oxygen atoms in total. The van der Waals surface area contributed by atoms with Gasteiger partial charge in [0.1, 0.15) is 5.82 Å². The van der Waals surface area contributed by atoms with Crippen molar-refractivity contribution in [3.8, 4) is 0 Å². The highest BCUT2D eigenvalue weighted by atomic mass is 79.9. The topological polar surface area (TPSA) is 32.3 Å². The van der Waals surface area contributed by atoms with Crippen LogP contribution >= 0.6 is 15.9 Å². The number of rotatable bonds is 2. The van der Waals surface area contributed by atoms with E-state index in [2.05, 4.69) is 40.1 Å². The molecule has 5 heteroatoms. The van der Waals surface area contributed by atoms with Crippen molar-refractivity contribution in [1.82, 2.24) is 10.2 Å². The average molecular weight is 329 g/mol. The second-order valence-electron chi connectivity index (χ2n) is 5.24. The summed E-state index contributed by atoms with van der Waals surface area (Å²) in [6.07, 6.45) is 0.950. The van der Waals surface area contributed by atoms with Gasteiger partial charge in [-0.2, -0.15) is 0 Å². The monoisotopic (exact) mass is 328 g/mol. The SMILES string of the molecule is CC1CN(C)CCC1NC(=O)c1ccc(F)c(Br)c1. The minimum absolute atomic E-state index is 0.137. The molecule has 0 saturated carbocycles. The lowest BCUT2D eigenvalue weighted by Gasteiger charge is -2.35. The summed E-state index contributed by atoms with van der Waals surface area (Å²) in [5.41, 5.74) is 0.486. The van der Waals surface area contributed by atoms with Crippen molar-refractivity contribution < 1.29 is 9.18 Å². The fourth-order valence-electron chi connectivity index (χ4n) is 2.46. The van der Waals surface area contributed by atoms with Crippen molar-refractivity contribution in [2.75, 3.05) is 20.1 Å². The predicted molar refractivity (Wildman–Crippen MR) is 76.6 cm³/mol. The van der Waals surface area contributed by atoms with Crippen molar-refractivity contribution in [2.24, 2.45) is 5.92 Å². The minimum atomic E-state index is -0.357. The molecular weight excluding hydrogens is 311 g/mol. The highest BCUT2D eigenvalue weighted by Gasteiger charge is 2.25. The van der Waals surface area contributed by atoms with Crippen molar-refractivity contribution in [3.63, 3.8) is 0 Å². The number of halogens is 2. The van der Waals surface area contributed by atoms with E-state index in [0.29, 0.717) is 16.0 Å². The molecule has 1 fully saturated rings. The third kappa shape index (κ3) is 3.54. The Balaban J connectivity index is 2.02. The first-order valence-electron chi connectivity index (χ1n) is 6.42. The van der Waals surface area contributed by atoms with Crippen LogP contribution in [0.3, 0.4) is 0 Å². The highest BCUT2D eigenvalue weighted by Crippen LogP contribution is 2.19. The maximum atomic E-state index is 13.1. The van der Waals surface area contributed by atoms with Crippen molar-refractivity contribution in [1.29, 1.82) is 0 Å². The summed E-state index contributed by atoms with van der Waals surface area (Å²) in [7, 11) is 2.09. The number of hydrogen-bond donors (Lipinski definition) is 1. The third-order valence-corrected chi connectivity index (χ3v) is 4.21. The zero-order valence-electron chi connectivity index (χ0n) is 11.1. The molecule has 1 aliphatic rings. The van der Waals surface area contributed by atoms with E-state index in [0.717, 1.165) is 19.5 Å². The van der Waals surface area contributed by atoms with Gasteiger partial charge in [-0.05, 0) is 60.1 Å². The molecule has 104 valence electrons. The van der Waals surface area contributed by atoms with Crippen LogP contribution in [0.15, 0.2) is 22.7 Å². The van der Waals surface area contributed by atoms with E-state index in [9.17, 15) is 9.18 Å². The summed E-state index contributed by atoms with van der Waals surface area (Å²) in [5, 5.41) is 3.04. The van der Waals surface area contributed by atoms with Crippen LogP contribution in [0.2, 0.25) is 0 Å². The number of piperidine rings is 1. The Morgan fingerprint density at radius 1 is 1.53 bits per heavy atom. The minimum Gasteiger partial charge on any atom is -0.349 e. The van der Waals surface area contributed by atoms with Gasteiger partial charge in [0.25, 0.3) is 5.91 Å². The molecule has 1 aromatic carbocycles. The van der Waals surface area contributed by atoms with Crippen LogP contribution in [0.1, 0.15) is 23.7 Å². The maximum Gasteiger partial charge on any atom is 0.251 e. The van der Waals surface area contributed by atoms with Gasteiger partial charge in [0.15, 0.2) is 0 Å². The molecule has 2 unspecified atom stereocenters. The summed E-state index contributed by atoms with van der Waals surface area (Å²) >= 11 is 3.10. The molecule has 0 aliphatic carbocycles. The Bertz CT molecular complexity index is 481. The van der Waals surface area contributed by atoms with Gasteiger partial charge in [-0.1, -0.05) is 6.92 Å². The van der Waals surface area contributed by atoms with Gasteiger partial charge in [0, 0.05) is 18.2 Å². The second-order valence-corrected chi connectivity index (χ2v) is 6.09. The molecule has 0 bridgehead atoms. The molecule has 1 amide bonds. The zero-order chi connectivity index (χ0) is 14.0. The van der Waals surface area contributed by atoms with Crippen LogP contribution < -0.4 is 5.32 Å². The summed E-state index contributed by atoms with van der Waals surface area (Å²) < 4.78 is 13.5. The maximum absolute atomic E-state index is 13.1. The number of nitrogens with one attached hydrogen (secondary N) is 1. The average Bonchev–Trinajstić information content (AvgIpc) is 2.36. The van der Waals surface area contributed by atoms with Crippen molar-refractivity contribution in [2.45, 2.75) is 19.4 Å². The molecule has 2 atom stereocenters. The molecule has 1 heterocycles. The number of hydrogen-bond acceptors (Lipinski definition) is 2. The van der Waals surface area contributed by atoms with E-state index in [1.54, 1.807) is 0 Å². The fourth-order valence-corrected chi connectivity index (χ4v) is 2.84. The quantitative estimate of drug-likeness (QED) is 0.905. The molecule has 0 spiro atoms. The molecule has 2 rings (SSSR count). The van der Waals surface area contributed by atoms with Crippen LogP contribution in [0.4, 0.5) is 4.39 Å². The van der Waals surface area contributed by atoms with Gasteiger partial charge in [-0.3, -0.25) is 4.79 Å². The van der Waals surface area contributed by atoms with E-state index < -0.39 is 0 Å². The number of amides is 1. The van der Waals surface area contributed by atoms with Crippen LogP contribution in [0, 0.1) is 11.7 Å². The van der Waals surface area contributed by atoms with Gasteiger partial charge in [-0.15, -0.1) is 0 Å². The first kappa shape index (κ1) is 14.5. The lowest BCUT2D eigenvalue weighted by molar-refractivity contribution is 0.0883. The Kier molecular flexibility index (Phi) is 4.58. The lowest BCUT2D eigenvalue weighted by atomic mass is 9.94. The summed E-state index contributed by atoms with van der Waals surface area (Å²) in [6.45, 7) is 4.11. The van der Waals surface area contributed by atoms with Gasteiger partial charge in [0.05, 0.1) is 4.47 Å². The summed E-state index contributed by atoms with van der Waals surface area (Å²) in [4.78, 5) is 14.4. The largest absolute Gasteiger partial charge is 0.349 e. The third-order valence-electron chi connectivity index (χ3n) is 3.61. The number of carbonyl (C=O) groups is 1. The number of likely N-dealkylation sites (tertiary alicyclic amines) is 1. The molecule has 19 heavy (non-hydrogen) atoms. The Morgan fingerprint density at radius 3 is 2.89 bits per heavy atom. The predicted octanol–water partition coefficient (Wildman–Crippen LogP) is 2.66. The van der Waals surface area contributed by atoms with Crippen LogP contribution in [-0.4, -0.2) is 37.0 Å². The first-order chi connectivity index (χ1) is 8.97. The van der Waals surface area contributed by atoms with E-state index in [1.165, 1.54) is 18.2 Å². The fraction of sp³-hybridized carbons (Fsp3) is 0.500. The smallest absolute Gasteiger partial charge is 0.251 e. The molecule has 1 N–H and O–H groups in total. The summed E-state index contributed by atoms with van der Waals surface area (Å²) in [6, 6.07) is 4.52. The standard InChI is InChI=1S/C14H18BrFN2O/c1-9-8-18(2)6-5-13(9)17-14(19)10-3-4-12(16)11(15)7-10/h3-4,7,9,13H,5-6,8H2,1-2H3,(H,17,19). The first-order valence-corrected chi connectivity index (χ1v) is 7.21.